The van der Waals surface area contributed by atoms with Gasteiger partial charge in [0.15, 0.2) is 5.84 Å². The molecule has 0 bridgehead atoms. The van der Waals surface area contributed by atoms with Crippen LogP contribution in [0.2, 0.25) is 0 Å². The first kappa shape index (κ1) is 23.7. The van der Waals surface area contributed by atoms with Gasteiger partial charge in [0.2, 0.25) is 19.4 Å². The standard InChI is InChI=1S/C23H22N4O5S2/c1-15-4-8-17(9-5-15)31-12-3-13-32-18-10-6-16(7-11-18)14-19-20(24)27-22(25-21(19)28)33-23(26-27)34(2,29)30/h4-11,14,24H,3,12-13H2,1-2H3/b19-14+,24-20?. The van der Waals surface area contributed by atoms with E-state index in [9.17, 15) is 13.2 Å². The number of amides is 1. The molecule has 34 heavy (non-hydrogen) atoms. The molecule has 176 valence electrons. The van der Waals surface area contributed by atoms with Crippen LogP contribution in [0.4, 0.5) is 0 Å². The Balaban J connectivity index is 1.33. The van der Waals surface area contributed by atoms with E-state index in [0.717, 1.165) is 35.2 Å². The number of benzene rings is 2. The van der Waals surface area contributed by atoms with E-state index in [1.807, 2.05) is 31.2 Å². The van der Waals surface area contributed by atoms with Crippen molar-refractivity contribution in [3.63, 3.8) is 0 Å². The van der Waals surface area contributed by atoms with Crippen molar-refractivity contribution in [3.05, 3.63) is 65.2 Å². The van der Waals surface area contributed by atoms with E-state index in [4.69, 9.17) is 14.9 Å². The van der Waals surface area contributed by atoms with Gasteiger partial charge in [-0.1, -0.05) is 29.8 Å². The number of amidine groups is 2. The highest BCUT2D eigenvalue weighted by Gasteiger charge is 2.38. The number of ether oxygens (including phenoxy) is 2. The van der Waals surface area contributed by atoms with Crippen LogP contribution in [0.5, 0.6) is 11.5 Å². The fourth-order valence-electron chi connectivity index (χ4n) is 3.02. The molecule has 2 aromatic carbocycles. The van der Waals surface area contributed by atoms with E-state index in [2.05, 4.69) is 10.1 Å². The van der Waals surface area contributed by atoms with Crippen LogP contribution in [-0.4, -0.2) is 54.2 Å². The first-order valence-electron chi connectivity index (χ1n) is 10.3. The highest BCUT2D eigenvalue weighted by molar-refractivity contribution is 8.42. The quantitative estimate of drug-likeness (QED) is 0.458. The monoisotopic (exact) mass is 498 g/mol. The van der Waals surface area contributed by atoms with Gasteiger partial charge in [0.05, 0.1) is 18.8 Å². The topological polar surface area (TPSA) is 121 Å². The number of rotatable bonds is 7. The normalized spacial score (nSPS) is 16.9. The molecule has 4 rings (SSSR count). The van der Waals surface area contributed by atoms with Gasteiger partial charge in [0, 0.05) is 12.7 Å². The Kier molecular flexibility index (Phi) is 6.85. The Bertz CT molecular complexity index is 1310. The first-order chi connectivity index (χ1) is 16.2. The van der Waals surface area contributed by atoms with Crippen LogP contribution in [-0.2, 0) is 14.6 Å². The van der Waals surface area contributed by atoms with Crippen molar-refractivity contribution in [2.45, 2.75) is 13.3 Å². The Morgan fingerprint density at radius 2 is 1.62 bits per heavy atom. The molecule has 2 aliphatic rings. The van der Waals surface area contributed by atoms with Crippen LogP contribution >= 0.6 is 11.8 Å². The number of nitrogens with one attached hydrogen (secondary N) is 1. The van der Waals surface area contributed by atoms with Crippen LogP contribution in [0.15, 0.2) is 64.2 Å². The molecule has 0 saturated heterocycles. The summed E-state index contributed by atoms with van der Waals surface area (Å²) in [7, 11) is -3.57. The summed E-state index contributed by atoms with van der Waals surface area (Å²) >= 11 is 0.753. The fourth-order valence-corrected chi connectivity index (χ4v) is 4.71. The number of fused-ring (bicyclic) bond motifs is 1. The van der Waals surface area contributed by atoms with Crippen molar-refractivity contribution in [1.82, 2.24) is 5.01 Å². The number of hydrogen-bond donors (Lipinski definition) is 1. The molecule has 0 aromatic heterocycles. The highest BCUT2D eigenvalue weighted by atomic mass is 32.3. The summed E-state index contributed by atoms with van der Waals surface area (Å²) < 4.78 is 34.7. The number of thioether (sulfide) groups is 1. The fraction of sp³-hybridized carbons (Fsp3) is 0.217. The molecule has 0 saturated carbocycles. The molecule has 2 aromatic rings. The minimum absolute atomic E-state index is 0.0183. The summed E-state index contributed by atoms with van der Waals surface area (Å²) in [6.45, 7) is 3.05. The SMILES string of the molecule is Cc1ccc(OCCCOc2ccc(/C=C3\C(=N)N4N=C(S(C)(=O)=O)SC4=NC3=O)cc2)cc1. The average Bonchev–Trinajstić information content (AvgIpc) is 3.23. The number of sulfone groups is 1. The molecule has 0 atom stereocenters. The largest absolute Gasteiger partial charge is 0.493 e. The molecule has 0 radical (unpaired) electrons. The second-order valence-electron chi connectivity index (χ2n) is 7.59. The molecule has 2 aliphatic heterocycles. The van der Waals surface area contributed by atoms with Gasteiger partial charge in [-0.25, -0.2) is 8.42 Å². The average molecular weight is 499 g/mol. The van der Waals surface area contributed by atoms with Gasteiger partial charge in [-0.05, 0) is 54.6 Å². The third-order valence-electron chi connectivity index (χ3n) is 4.79. The number of carbonyl (C=O) groups is 1. The Hall–Kier alpha value is -3.44. The molecular formula is C23H22N4O5S2. The van der Waals surface area contributed by atoms with Crippen molar-refractivity contribution in [2.75, 3.05) is 19.5 Å². The van der Waals surface area contributed by atoms with Gasteiger partial charge in [-0.15, -0.1) is 5.10 Å². The Morgan fingerprint density at radius 1 is 1.03 bits per heavy atom. The molecule has 11 heteroatoms. The summed E-state index contributed by atoms with van der Waals surface area (Å²) in [5.41, 5.74) is 1.87. The van der Waals surface area contributed by atoms with Gasteiger partial charge in [-0.3, -0.25) is 10.2 Å². The zero-order chi connectivity index (χ0) is 24.3. The zero-order valence-electron chi connectivity index (χ0n) is 18.5. The number of hydrazone groups is 1. The molecule has 2 heterocycles. The number of aryl methyl sites for hydroxylation is 1. The van der Waals surface area contributed by atoms with Gasteiger partial charge < -0.3 is 9.47 Å². The first-order valence-corrected chi connectivity index (χ1v) is 13.0. The molecule has 0 fully saturated rings. The van der Waals surface area contributed by atoms with Gasteiger partial charge in [0.1, 0.15) is 11.5 Å². The maximum absolute atomic E-state index is 12.4. The lowest BCUT2D eigenvalue weighted by atomic mass is 10.1. The molecule has 1 amide bonds. The summed E-state index contributed by atoms with van der Waals surface area (Å²) in [6, 6.07) is 14.9. The molecule has 9 nitrogen and oxygen atoms in total. The minimum atomic E-state index is -3.57. The van der Waals surface area contributed by atoms with Crippen LogP contribution < -0.4 is 9.47 Å². The summed E-state index contributed by atoms with van der Waals surface area (Å²) in [6.07, 6.45) is 3.25. The van der Waals surface area contributed by atoms with Crippen molar-refractivity contribution in [3.8, 4) is 11.5 Å². The van der Waals surface area contributed by atoms with Gasteiger partial charge in [0.25, 0.3) is 5.91 Å². The Morgan fingerprint density at radius 3 is 2.21 bits per heavy atom. The van der Waals surface area contributed by atoms with Crippen LogP contribution in [0, 0.1) is 12.3 Å². The number of aliphatic imine (C=N–C) groups is 1. The van der Waals surface area contributed by atoms with E-state index in [1.54, 1.807) is 24.3 Å². The van der Waals surface area contributed by atoms with E-state index >= 15 is 0 Å². The van der Waals surface area contributed by atoms with E-state index in [1.165, 1.54) is 11.6 Å². The van der Waals surface area contributed by atoms with E-state index < -0.39 is 15.7 Å². The van der Waals surface area contributed by atoms with E-state index in [-0.39, 0.29) is 21.0 Å². The van der Waals surface area contributed by atoms with Crippen LogP contribution in [0.1, 0.15) is 17.5 Å². The number of hydrogen-bond acceptors (Lipinski definition) is 8. The third-order valence-corrected chi connectivity index (χ3v) is 7.37. The molecule has 1 N–H and O–H groups in total. The highest BCUT2D eigenvalue weighted by Crippen LogP contribution is 2.30. The Labute approximate surface area is 201 Å². The van der Waals surface area contributed by atoms with Crippen molar-refractivity contribution in [2.24, 2.45) is 10.1 Å². The van der Waals surface area contributed by atoms with Crippen molar-refractivity contribution >= 4 is 49.0 Å². The number of carbonyl (C=O) groups excluding carboxylic acids is 1. The summed E-state index contributed by atoms with van der Waals surface area (Å²) in [5.74, 6) is 0.645. The zero-order valence-corrected chi connectivity index (χ0v) is 20.1. The minimum Gasteiger partial charge on any atom is -0.493 e. The second-order valence-corrected chi connectivity index (χ2v) is 10.7. The van der Waals surface area contributed by atoms with Crippen LogP contribution in [0.25, 0.3) is 6.08 Å². The maximum atomic E-state index is 12.4. The van der Waals surface area contributed by atoms with Gasteiger partial charge >= 0.3 is 0 Å². The molecule has 0 unspecified atom stereocenters. The number of nitrogens with zero attached hydrogens (tertiary/aromatic N) is 3. The van der Waals surface area contributed by atoms with Crippen LogP contribution in [0.3, 0.4) is 0 Å². The summed E-state index contributed by atoms with van der Waals surface area (Å²) in [5, 5.41) is 13.3. The van der Waals surface area contributed by atoms with Crippen molar-refractivity contribution < 1.29 is 22.7 Å². The summed E-state index contributed by atoms with van der Waals surface area (Å²) in [4.78, 5) is 16.3. The predicted molar refractivity (Wildman–Crippen MR) is 133 cm³/mol. The lowest BCUT2D eigenvalue weighted by Crippen LogP contribution is -2.35. The molecule has 0 spiro atoms. The lowest BCUT2D eigenvalue weighted by Gasteiger charge is -2.20. The molecule has 0 aliphatic carbocycles. The third kappa shape index (κ3) is 5.54. The van der Waals surface area contributed by atoms with E-state index in [0.29, 0.717) is 24.5 Å². The molecular weight excluding hydrogens is 476 g/mol. The van der Waals surface area contributed by atoms with Crippen molar-refractivity contribution in [1.29, 1.82) is 5.41 Å². The smallest absolute Gasteiger partial charge is 0.283 e. The predicted octanol–water partition coefficient (Wildman–Crippen LogP) is 3.46. The lowest BCUT2D eigenvalue weighted by molar-refractivity contribution is -0.114. The second kappa shape index (κ2) is 9.82. The van der Waals surface area contributed by atoms with Gasteiger partial charge in [-0.2, -0.15) is 10.0 Å². The maximum Gasteiger partial charge on any atom is 0.283 e.